The van der Waals surface area contributed by atoms with Crippen molar-refractivity contribution in [2.24, 2.45) is 0 Å². The van der Waals surface area contributed by atoms with Gasteiger partial charge in [-0.3, -0.25) is 9.36 Å². The Bertz CT molecular complexity index is 962. The van der Waals surface area contributed by atoms with Crippen molar-refractivity contribution in [2.75, 3.05) is 13.2 Å². The van der Waals surface area contributed by atoms with Gasteiger partial charge in [0.2, 0.25) is 5.91 Å². The number of benzene rings is 2. The second kappa shape index (κ2) is 9.99. The van der Waals surface area contributed by atoms with Gasteiger partial charge in [-0.15, -0.1) is 0 Å². The van der Waals surface area contributed by atoms with Gasteiger partial charge in [0.15, 0.2) is 5.58 Å². The highest BCUT2D eigenvalue weighted by atomic mass is 35.5. The van der Waals surface area contributed by atoms with Crippen LogP contribution in [0.1, 0.15) is 25.7 Å². The fourth-order valence-electron chi connectivity index (χ4n) is 2.89. The van der Waals surface area contributed by atoms with Crippen LogP contribution in [0.3, 0.4) is 0 Å². The normalized spacial score (nSPS) is 10.9. The third-order valence-corrected chi connectivity index (χ3v) is 4.59. The lowest BCUT2D eigenvalue weighted by atomic mass is 10.2. The molecule has 3 aromatic rings. The van der Waals surface area contributed by atoms with Gasteiger partial charge in [-0.1, -0.05) is 23.7 Å². The maximum absolute atomic E-state index is 11.9. The molecule has 148 valence electrons. The second-order valence-corrected chi connectivity index (χ2v) is 6.89. The Morgan fingerprint density at radius 2 is 1.86 bits per heavy atom. The zero-order chi connectivity index (χ0) is 19.8. The van der Waals surface area contributed by atoms with E-state index in [1.165, 1.54) is 0 Å². The third kappa shape index (κ3) is 5.63. The molecule has 3 rings (SSSR count). The lowest BCUT2D eigenvalue weighted by Crippen LogP contribution is -2.25. The maximum Gasteiger partial charge on any atom is 0.419 e. The molecule has 1 amide bonds. The van der Waals surface area contributed by atoms with Crippen LogP contribution in [-0.4, -0.2) is 23.6 Å². The lowest BCUT2D eigenvalue weighted by Gasteiger charge is -2.07. The van der Waals surface area contributed by atoms with Crippen molar-refractivity contribution in [2.45, 2.75) is 32.2 Å². The van der Waals surface area contributed by atoms with Gasteiger partial charge < -0.3 is 14.5 Å². The first-order valence-corrected chi connectivity index (χ1v) is 9.75. The van der Waals surface area contributed by atoms with E-state index in [1.54, 1.807) is 22.8 Å². The Hall–Kier alpha value is -2.73. The van der Waals surface area contributed by atoms with E-state index in [0.717, 1.165) is 24.1 Å². The Kier molecular flexibility index (Phi) is 7.14. The number of fused-ring (bicyclic) bond motifs is 1. The fourth-order valence-corrected chi connectivity index (χ4v) is 3.01. The molecule has 0 bridgehead atoms. The Labute approximate surface area is 168 Å². The molecule has 0 unspecified atom stereocenters. The molecule has 6 nitrogen and oxygen atoms in total. The minimum absolute atomic E-state index is 0.0144. The van der Waals surface area contributed by atoms with Gasteiger partial charge in [-0.05, 0) is 55.7 Å². The molecule has 2 aromatic carbocycles. The van der Waals surface area contributed by atoms with E-state index in [4.69, 9.17) is 20.8 Å². The van der Waals surface area contributed by atoms with Crippen LogP contribution >= 0.6 is 11.6 Å². The molecule has 0 fully saturated rings. The number of nitrogens with one attached hydrogen (secondary N) is 1. The summed E-state index contributed by atoms with van der Waals surface area (Å²) < 4.78 is 12.4. The molecule has 0 saturated carbocycles. The number of ether oxygens (including phenoxy) is 1. The third-order valence-electron chi connectivity index (χ3n) is 4.33. The van der Waals surface area contributed by atoms with Crippen LogP contribution in [0.2, 0.25) is 5.02 Å². The quantitative estimate of drug-likeness (QED) is 0.520. The van der Waals surface area contributed by atoms with Gasteiger partial charge in [0.05, 0.1) is 12.1 Å². The zero-order valence-corrected chi connectivity index (χ0v) is 16.3. The predicted molar refractivity (Wildman–Crippen MR) is 109 cm³/mol. The number of carbonyl (C=O) groups is 1. The first-order chi connectivity index (χ1) is 13.6. The van der Waals surface area contributed by atoms with Crippen LogP contribution < -0.4 is 15.8 Å². The van der Waals surface area contributed by atoms with Crippen molar-refractivity contribution >= 4 is 28.6 Å². The van der Waals surface area contributed by atoms with E-state index in [-0.39, 0.29) is 11.7 Å². The first kappa shape index (κ1) is 20.0. The highest BCUT2D eigenvalue weighted by molar-refractivity contribution is 6.30. The van der Waals surface area contributed by atoms with Crippen LogP contribution in [-0.2, 0) is 11.3 Å². The van der Waals surface area contributed by atoms with Gasteiger partial charge >= 0.3 is 5.76 Å². The molecule has 0 aliphatic carbocycles. The molecular weight excluding hydrogens is 380 g/mol. The number of amides is 1. The molecule has 7 heteroatoms. The molecule has 28 heavy (non-hydrogen) atoms. The number of aryl methyl sites for hydroxylation is 1. The summed E-state index contributed by atoms with van der Waals surface area (Å²) in [6.45, 7) is 1.66. The number of unbranched alkanes of at least 4 members (excludes halogenated alkanes) is 1. The van der Waals surface area contributed by atoms with Crippen LogP contribution in [0.25, 0.3) is 11.1 Å². The highest BCUT2D eigenvalue weighted by Crippen LogP contribution is 2.15. The Morgan fingerprint density at radius 3 is 2.68 bits per heavy atom. The van der Waals surface area contributed by atoms with Crippen LogP contribution in [0, 0.1) is 0 Å². The monoisotopic (exact) mass is 402 g/mol. The average molecular weight is 403 g/mol. The Balaban J connectivity index is 1.29. The summed E-state index contributed by atoms with van der Waals surface area (Å²) in [5.74, 6) is 0.386. The van der Waals surface area contributed by atoms with Gasteiger partial charge in [-0.25, -0.2) is 4.79 Å². The largest absolute Gasteiger partial charge is 0.494 e. The summed E-state index contributed by atoms with van der Waals surface area (Å²) in [4.78, 5) is 23.8. The lowest BCUT2D eigenvalue weighted by molar-refractivity contribution is -0.121. The Morgan fingerprint density at radius 1 is 1.07 bits per heavy atom. The second-order valence-electron chi connectivity index (χ2n) is 6.45. The SMILES string of the molecule is O=C(CCCn1c(=O)oc2ccccc21)NCCCCOc1ccc(Cl)cc1. The molecule has 1 heterocycles. The highest BCUT2D eigenvalue weighted by Gasteiger charge is 2.09. The molecule has 0 atom stereocenters. The number of aromatic nitrogens is 1. The minimum atomic E-state index is -0.387. The number of hydrogen-bond donors (Lipinski definition) is 1. The summed E-state index contributed by atoms with van der Waals surface area (Å²) in [6.07, 6.45) is 2.63. The average Bonchev–Trinajstić information content (AvgIpc) is 3.01. The van der Waals surface area contributed by atoms with Crippen molar-refractivity contribution in [3.8, 4) is 5.75 Å². The predicted octanol–water partition coefficient (Wildman–Crippen LogP) is 4.00. The summed E-state index contributed by atoms with van der Waals surface area (Å²) in [6, 6.07) is 14.5. The van der Waals surface area contributed by atoms with E-state index in [9.17, 15) is 9.59 Å². The molecule has 0 aliphatic rings. The number of halogens is 1. The molecule has 0 radical (unpaired) electrons. The van der Waals surface area contributed by atoms with E-state index in [2.05, 4.69) is 5.32 Å². The number of nitrogens with zero attached hydrogens (tertiary/aromatic N) is 1. The van der Waals surface area contributed by atoms with E-state index >= 15 is 0 Å². The topological polar surface area (TPSA) is 73.5 Å². The molecular formula is C21H23ClN2O4. The van der Waals surface area contributed by atoms with E-state index in [1.807, 2.05) is 30.3 Å². The summed E-state index contributed by atoms with van der Waals surface area (Å²) >= 11 is 5.83. The molecule has 0 spiro atoms. The smallest absolute Gasteiger partial charge is 0.419 e. The van der Waals surface area contributed by atoms with Gasteiger partial charge in [0, 0.05) is 24.5 Å². The number of carbonyl (C=O) groups excluding carboxylic acids is 1. The van der Waals surface area contributed by atoms with Crippen LogP contribution in [0.15, 0.2) is 57.7 Å². The summed E-state index contributed by atoms with van der Waals surface area (Å²) in [7, 11) is 0. The molecule has 1 N–H and O–H groups in total. The van der Waals surface area contributed by atoms with Crippen molar-refractivity contribution in [1.82, 2.24) is 9.88 Å². The van der Waals surface area contributed by atoms with Gasteiger partial charge in [0.1, 0.15) is 5.75 Å². The van der Waals surface area contributed by atoms with Crippen molar-refractivity contribution in [1.29, 1.82) is 0 Å². The zero-order valence-electron chi connectivity index (χ0n) is 15.5. The number of hydrogen-bond acceptors (Lipinski definition) is 4. The summed E-state index contributed by atoms with van der Waals surface area (Å²) in [5, 5.41) is 3.58. The first-order valence-electron chi connectivity index (χ1n) is 9.37. The fraction of sp³-hybridized carbons (Fsp3) is 0.333. The van der Waals surface area contributed by atoms with Gasteiger partial charge in [-0.2, -0.15) is 0 Å². The van der Waals surface area contributed by atoms with Crippen molar-refractivity contribution < 1.29 is 13.9 Å². The van der Waals surface area contributed by atoms with Crippen LogP contribution in [0.4, 0.5) is 0 Å². The van der Waals surface area contributed by atoms with E-state index < -0.39 is 0 Å². The standard InChI is InChI=1S/C21H23ClN2O4/c22-16-9-11-17(12-10-16)27-15-4-3-13-23-20(25)8-5-14-24-18-6-1-2-7-19(18)28-21(24)26/h1-2,6-7,9-12H,3-5,8,13-15H2,(H,23,25). The minimum Gasteiger partial charge on any atom is -0.494 e. The van der Waals surface area contributed by atoms with E-state index in [0.29, 0.717) is 43.1 Å². The maximum atomic E-state index is 11.9. The van der Waals surface area contributed by atoms with Crippen molar-refractivity contribution in [3.63, 3.8) is 0 Å². The van der Waals surface area contributed by atoms with Gasteiger partial charge in [0.25, 0.3) is 0 Å². The molecule has 0 saturated heterocycles. The molecule has 0 aliphatic heterocycles. The van der Waals surface area contributed by atoms with Crippen molar-refractivity contribution in [3.05, 3.63) is 64.1 Å². The summed E-state index contributed by atoms with van der Waals surface area (Å²) in [5.41, 5.74) is 1.33. The molecule has 1 aromatic heterocycles. The number of oxazole rings is 1. The number of para-hydroxylation sites is 2. The van der Waals surface area contributed by atoms with Crippen LogP contribution in [0.5, 0.6) is 5.75 Å². The number of rotatable bonds is 10.